The van der Waals surface area contributed by atoms with E-state index in [4.69, 9.17) is 4.74 Å². The number of nitrogens with zero attached hydrogens (tertiary/aromatic N) is 1. The van der Waals surface area contributed by atoms with Crippen LogP contribution in [0.5, 0.6) is 0 Å². The number of carbonyl (C=O) groups excluding carboxylic acids is 1. The summed E-state index contributed by atoms with van der Waals surface area (Å²) in [5.41, 5.74) is 3.56. The lowest BCUT2D eigenvalue weighted by Crippen LogP contribution is -2.38. The van der Waals surface area contributed by atoms with E-state index in [9.17, 15) is 4.79 Å². The van der Waals surface area contributed by atoms with Crippen molar-refractivity contribution in [3.8, 4) is 0 Å². The first-order valence-corrected chi connectivity index (χ1v) is 11.4. The first-order chi connectivity index (χ1) is 15.6. The van der Waals surface area contributed by atoms with Gasteiger partial charge in [-0.3, -0.25) is 4.79 Å². The van der Waals surface area contributed by atoms with E-state index in [0.717, 1.165) is 31.2 Å². The number of carbonyl (C=O) groups is 1. The Kier molecular flexibility index (Phi) is 9.18. The normalized spacial score (nSPS) is 13.7. The van der Waals surface area contributed by atoms with Gasteiger partial charge in [-0.15, -0.1) is 0 Å². The molecule has 2 aromatic carbocycles. The van der Waals surface area contributed by atoms with Gasteiger partial charge in [0.15, 0.2) is 5.88 Å². The van der Waals surface area contributed by atoms with E-state index in [-0.39, 0.29) is 11.9 Å². The van der Waals surface area contributed by atoms with Crippen LogP contribution in [-0.4, -0.2) is 29.9 Å². The van der Waals surface area contributed by atoms with Gasteiger partial charge in [0.1, 0.15) is 6.61 Å². The topological polar surface area (TPSA) is 41.6 Å². The molecule has 0 aliphatic heterocycles. The van der Waals surface area contributed by atoms with Crippen molar-refractivity contribution in [1.82, 2.24) is 10.2 Å². The maximum absolute atomic E-state index is 12.3. The first kappa shape index (κ1) is 23.4. The van der Waals surface area contributed by atoms with Gasteiger partial charge in [0.2, 0.25) is 5.91 Å². The van der Waals surface area contributed by atoms with Gasteiger partial charge in [-0.1, -0.05) is 78.9 Å². The van der Waals surface area contributed by atoms with Crippen molar-refractivity contribution in [2.75, 3.05) is 13.1 Å². The van der Waals surface area contributed by atoms with E-state index < -0.39 is 0 Å². The van der Waals surface area contributed by atoms with Crippen molar-refractivity contribution in [3.05, 3.63) is 108 Å². The summed E-state index contributed by atoms with van der Waals surface area (Å²) in [5, 5.41) is 3.45. The molecule has 0 saturated heterocycles. The predicted molar refractivity (Wildman–Crippen MR) is 131 cm³/mol. The van der Waals surface area contributed by atoms with Crippen LogP contribution in [0.4, 0.5) is 0 Å². The molecular weight excluding hydrogens is 396 g/mol. The maximum Gasteiger partial charge on any atom is 0.219 e. The van der Waals surface area contributed by atoms with Gasteiger partial charge in [-0.2, -0.15) is 0 Å². The number of hydrogen-bond donors (Lipinski definition) is 1. The monoisotopic (exact) mass is 430 g/mol. The fourth-order valence-corrected chi connectivity index (χ4v) is 3.80. The zero-order chi connectivity index (χ0) is 22.6. The van der Waals surface area contributed by atoms with Gasteiger partial charge in [-0.25, -0.2) is 0 Å². The molecule has 1 aliphatic rings. The molecule has 0 saturated carbocycles. The van der Waals surface area contributed by atoms with E-state index >= 15 is 0 Å². The number of benzene rings is 2. The van der Waals surface area contributed by atoms with Gasteiger partial charge in [0.05, 0.1) is 0 Å². The molecule has 4 heteroatoms. The van der Waals surface area contributed by atoms with Crippen molar-refractivity contribution in [1.29, 1.82) is 0 Å². The molecule has 3 rings (SSSR count). The summed E-state index contributed by atoms with van der Waals surface area (Å²) in [4.78, 5) is 14.2. The van der Waals surface area contributed by atoms with Crippen LogP contribution in [0.2, 0.25) is 0 Å². The highest BCUT2D eigenvalue weighted by Gasteiger charge is 2.16. The summed E-state index contributed by atoms with van der Waals surface area (Å²) in [6, 6.07) is 20.6. The van der Waals surface area contributed by atoms with Gasteiger partial charge < -0.3 is 15.0 Å². The van der Waals surface area contributed by atoms with E-state index in [1.165, 1.54) is 11.1 Å². The average molecular weight is 431 g/mol. The van der Waals surface area contributed by atoms with E-state index in [0.29, 0.717) is 25.6 Å². The van der Waals surface area contributed by atoms with Crippen molar-refractivity contribution in [3.63, 3.8) is 0 Å². The highest BCUT2D eigenvalue weighted by atomic mass is 16.5. The summed E-state index contributed by atoms with van der Waals surface area (Å²) in [5.74, 6) is 0.657. The largest absolute Gasteiger partial charge is 0.475 e. The zero-order valence-corrected chi connectivity index (χ0v) is 19.0. The number of amides is 1. The molecule has 1 amide bonds. The molecular formula is C28H34N2O2. The van der Waals surface area contributed by atoms with Crippen LogP contribution in [0.15, 0.2) is 96.9 Å². The molecule has 0 spiro atoms. The smallest absolute Gasteiger partial charge is 0.219 e. The number of nitrogens with one attached hydrogen (secondary N) is 1. The molecule has 0 heterocycles. The van der Waals surface area contributed by atoms with E-state index in [2.05, 4.69) is 54.4 Å². The van der Waals surface area contributed by atoms with Crippen molar-refractivity contribution in [2.24, 2.45) is 0 Å². The number of rotatable bonds is 12. The summed E-state index contributed by atoms with van der Waals surface area (Å²) >= 11 is 0. The average Bonchev–Trinajstić information content (AvgIpc) is 2.82. The Bertz CT molecular complexity index is 919. The number of hydrogen-bond acceptors (Lipinski definition) is 3. The molecule has 4 nitrogen and oxygen atoms in total. The van der Waals surface area contributed by atoms with Crippen LogP contribution < -0.4 is 5.32 Å². The van der Waals surface area contributed by atoms with E-state index in [1.807, 2.05) is 41.3 Å². The lowest BCUT2D eigenvalue weighted by atomic mass is 10.0. The van der Waals surface area contributed by atoms with Crippen LogP contribution >= 0.6 is 0 Å². The second-order valence-corrected chi connectivity index (χ2v) is 8.22. The molecule has 0 fully saturated rings. The second-order valence-electron chi connectivity index (χ2n) is 8.22. The van der Waals surface area contributed by atoms with Crippen LogP contribution in [-0.2, 0) is 22.6 Å². The van der Waals surface area contributed by atoms with Crippen LogP contribution in [0, 0.1) is 0 Å². The maximum atomic E-state index is 12.3. The van der Waals surface area contributed by atoms with Gasteiger partial charge in [0.25, 0.3) is 0 Å². The molecule has 1 N–H and O–H groups in total. The Morgan fingerprint density at radius 3 is 2.38 bits per heavy atom. The molecule has 1 unspecified atom stereocenters. The van der Waals surface area contributed by atoms with Crippen LogP contribution in [0.1, 0.15) is 37.3 Å². The first-order valence-electron chi connectivity index (χ1n) is 11.4. The van der Waals surface area contributed by atoms with Crippen molar-refractivity contribution >= 4 is 5.91 Å². The predicted octanol–water partition coefficient (Wildman–Crippen LogP) is 5.39. The highest BCUT2D eigenvalue weighted by molar-refractivity contribution is 5.73. The molecule has 168 valence electrons. The Morgan fingerprint density at radius 1 is 1.06 bits per heavy atom. The van der Waals surface area contributed by atoms with Crippen molar-refractivity contribution in [2.45, 2.75) is 45.3 Å². The Balaban J connectivity index is 1.59. The lowest BCUT2D eigenvalue weighted by Gasteiger charge is -2.27. The quantitative estimate of drug-likeness (QED) is 0.459. The minimum absolute atomic E-state index is 0.0995. The second kappa shape index (κ2) is 12.6. The Hall–Kier alpha value is -3.27. The van der Waals surface area contributed by atoms with Gasteiger partial charge in [-0.05, 0) is 49.0 Å². The van der Waals surface area contributed by atoms with Gasteiger partial charge in [0, 0.05) is 26.1 Å². The summed E-state index contributed by atoms with van der Waals surface area (Å²) in [7, 11) is 0. The molecule has 1 atom stereocenters. The Morgan fingerprint density at radius 2 is 1.75 bits per heavy atom. The molecule has 0 aromatic heterocycles. The molecule has 0 radical (unpaired) electrons. The zero-order valence-electron chi connectivity index (χ0n) is 19.0. The van der Waals surface area contributed by atoms with Gasteiger partial charge >= 0.3 is 0 Å². The molecule has 32 heavy (non-hydrogen) atoms. The Labute approximate surface area is 192 Å². The van der Waals surface area contributed by atoms with Crippen molar-refractivity contribution < 1.29 is 9.53 Å². The van der Waals surface area contributed by atoms with Crippen LogP contribution in [0.3, 0.4) is 0 Å². The SMILES string of the molecule is C=C(NC(CCN(CC1=CCCC=C1)C(C)=O)Cc1ccccc1)OCc1ccccc1. The lowest BCUT2D eigenvalue weighted by molar-refractivity contribution is -0.128. The fraction of sp³-hybridized carbons (Fsp3) is 0.321. The fourth-order valence-electron chi connectivity index (χ4n) is 3.80. The molecule has 0 bridgehead atoms. The third-order valence-electron chi connectivity index (χ3n) is 5.58. The minimum Gasteiger partial charge on any atom is -0.475 e. The van der Waals surface area contributed by atoms with E-state index in [1.54, 1.807) is 6.92 Å². The molecule has 2 aromatic rings. The van der Waals surface area contributed by atoms with Crippen LogP contribution in [0.25, 0.3) is 0 Å². The highest BCUT2D eigenvalue weighted by Crippen LogP contribution is 2.14. The third kappa shape index (κ3) is 8.10. The third-order valence-corrected chi connectivity index (χ3v) is 5.58. The minimum atomic E-state index is 0.0995. The molecule has 1 aliphatic carbocycles. The number of allylic oxidation sites excluding steroid dienone is 2. The summed E-state index contributed by atoms with van der Waals surface area (Å²) in [6.07, 6.45) is 10.3. The standard InChI is InChI=1S/C28H34N2O2/c1-23(32-22-27-16-10-5-11-17-27)29-28(20-25-12-6-3-7-13-25)18-19-30(24(2)31)21-26-14-8-4-9-15-26/h3,5-8,10-17,28-29H,1,4,9,18-22H2,2H3. The summed E-state index contributed by atoms with van der Waals surface area (Å²) in [6.45, 7) is 7.54. The summed E-state index contributed by atoms with van der Waals surface area (Å²) < 4.78 is 5.87. The number of ether oxygens (including phenoxy) is 1.